The lowest BCUT2D eigenvalue weighted by Crippen LogP contribution is -2.26. The van der Waals surface area contributed by atoms with Crippen molar-refractivity contribution in [1.29, 1.82) is 0 Å². The Morgan fingerprint density at radius 2 is 1.69 bits per heavy atom. The number of aliphatic hydroxyl groups is 1. The summed E-state index contributed by atoms with van der Waals surface area (Å²) in [5.74, 6) is -2.96. The first-order valence-corrected chi connectivity index (χ1v) is 22.0. The van der Waals surface area contributed by atoms with Crippen molar-refractivity contribution in [2.24, 2.45) is 0 Å². The van der Waals surface area contributed by atoms with Crippen LogP contribution in [-0.4, -0.2) is 83.6 Å². The van der Waals surface area contributed by atoms with Crippen LogP contribution < -0.4 is 16.5 Å². The molecule has 25 heteroatoms. The molecule has 7 N–H and O–H groups in total. The van der Waals surface area contributed by atoms with Gasteiger partial charge < -0.3 is 40.4 Å². The summed E-state index contributed by atoms with van der Waals surface area (Å²) in [5.41, 5.74) is 4.38. The van der Waals surface area contributed by atoms with E-state index >= 15 is 0 Å². The van der Waals surface area contributed by atoms with E-state index in [1.165, 1.54) is 24.8 Å². The van der Waals surface area contributed by atoms with Gasteiger partial charge in [0.15, 0.2) is 28.6 Å². The van der Waals surface area contributed by atoms with Crippen molar-refractivity contribution >= 4 is 117 Å². The van der Waals surface area contributed by atoms with Gasteiger partial charge in [-0.3, -0.25) is 23.2 Å². The maximum Gasteiger partial charge on any atom is 0.472 e. The summed E-state index contributed by atoms with van der Waals surface area (Å²) >= 11 is 38.7. The van der Waals surface area contributed by atoms with Crippen LogP contribution in [0.3, 0.4) is 0 Å². The van der Waals surface area contributed by atoms with Gasteiger partial charge in [0.1, 0.15) is 34.2 Å². The number of phenolic OH excluding ortho intramolecular Hbond substituents is 1. The molecule has 62 heavy (non-hydrogen) atoms. The number of nitrogens with zero attached hydrogens (tertiary/aromatic N) is 4. The minimum absolute atomic E-state index is 0.000291. The highest BCUT2D eigenvalue weighted by Gasteiger charge is 2.38. The SMILES string of the molecule is Nc1ncnc2c1ncn2[C@H]1C[C@@H](O)[C@@H](COP(=O)(O)OCCCCCCNC(=O)c2cc(Cl)c(C(=O)O)c(-c3c4cc(Cl)c(=O)c(Cl)c-4oc4c(Cl)c(O)c(Cl)cc34)c2Cl)O1. The molecule has 2 aliphatic heterocycles. The number of aromatic carboxylic acids is 1. The molecule has 1 amide bonds. The third-order valence-electron chi connectivity index (χ3n) is 9.86. The molecule has 2 aromatic carbocycles. The topological polar surface area (TPSA) is 272 Å². The molecule has 4 atom stereocenters. The van der Waals surface area contributed by atoms with Crippen LogP contribution in [-0.2, 0) is 18.3 Å². The Bertz CT molecular complexity index is 2850. The Hall–Kier alpha value is -4.01. The summed E-state index contributed by atoms with van der Waals surface area (Å²) in [7, 11) is -4.51. The Labute approximate surface area is 379 Å². The van der Waals surface area contributed by atoms with E-state index in [2.05, 4.69) is 20.3 Å². The molecule has 0 radical (unpaired) electrons. The number of rotatable bonds is 15. The number of carbonyl (C=O) groups is 2. The van der Waals surface area contributed by atoms with E-state index in [1.807, 2.05) is 0 Å². The number of amides is 1. The number of imidazole rings is 1. The molecule has 1 aliphatic carbocycles. The number of nitrogen functional groups attached to an aromatic ring is 1. The van der Waals surface area contributed by atoms with Crippen LogP contribution >= 0.6 is 77.4 Å². The van der Waals surface area contributed by atoms with Crippen molar-refractivity contribution in [3.63, 3.8) is 0 Å². The second-order valence-corrected chi connectivity index (χ2v) is 17.6. The fraction of sp³-hybridized carbons (Fsp3) is 0.297. The predicted octanol–water partition coefficient (Wildman–Crippen LogP) is 8.38. The number of phenols is 1. The first-order chi connectivity index (χ1) is 29.4. The molecular weight excluding hydrogens is 964 g/mol. The number of aliphatic hydroxyl groups excluding tert-OH is 1. The number of phosphoric acid groups is 1. The fourth-order valence-corrected chi connectivity index (χ4v) is 9.25. The maximum atomic E-state index is 13.6. The third kappa shape index (κ3) is 9.02. The van der Waals surface area contributed by atoms with E-state index in [0.717, 1.165) is 6.07 Å². The number of carbonyl (C=O) groups excluding carboxylic acids is 1. The van der Waals surface area contributed by atoms with E-state index in [9.17, 15) is 39.2 Å². The molecule has 7 rings (SSSR count). The number of phosphoric ester groups is 1. The quantitative estimate of drug-likeness (QED) is 0.0320. The van der Waals surface area contributed by atoms with Crippen molar-refractivity contribution in [3.05, 3.63) is 82.3 Å². The minimum Gasteiger partial charge on any atom is -0.505 e. The lowest BCUT2D eigenvalue weighted by Gasteiger charge is -2.21. The van der Waals surface area contributed by atoms with Gasteiger partial charge in [-0.05, 0) is 31.0 Å². The van der Waals surface area contributed by atoms with Crippen molar-refractivity contribution in [3.8, 4) is 28.2 Å². The molecule has 0 spiro atoms. The van der Waals surface area contributed by atoms with Gasteiger partial charge in [0.25, 0.3) is 5.91 Å². The summed E-state index contributed by atoms with van der Waals surface area (Å²) in [5, 5.41) is 31.8. The van der Waals surface area contributed by atoms with Crippen LogP contribution in [0.1, 0.15) is 59.0 Å². The Morgan fingerprint density at radius 3 is 2.44 bits per heavy atom. The Morgan fingerprint density at radius 1 is 0.952 bits per heavy atom. The zero-order valence-electron chi connectivity index (χ0n) is 31.4. The first-order valence-electron chi connectivity index (χ1n) is 18.3. The molecule has 4 aromatic rings. The molecular formula is C37H31Cl6N6O12P. The number of nitrogens with two attached hydrogens (primary N) is 1. The molecule has 0 bridgehead atoms. The van der Waals surface area contributed by atoms with Crippen LogP contribution in [0, 0.1) is 0 Å². The number of fused-ring (bicyclic) bond motifs is 3. The molecule has 4 heterocycles. The number of hydrogen-bond donors (Lipinski definition) is 6. The highest BCUT2D eigenvalue weighted by Crippen LogP contribution is 2.52. The number of benzene rings is 3. The van der Waals surface area contributed by atoms with Crippen LogP contribution in [0.5, 0.6) is 5.75 Å². The molecule has 1 unspecified atom stereocenters. The Kier molecular flexibility index (Phi) is 13.8. The highest BCUT2D eigenvalue weighted by molar-refractivity contribution is 7.47. The van der Waals surface area contributed by atoms with E-state index in [4.69, 9.17) is 93.5 Å². The molecule has 2 aromatic heterocycles. The normalized spacial score (nSPS) is 17.6. The van der Waals surface area contributed by atoms with Crippen molar-refractivity contribution < 1.29 is 52.6 Å². The van der Waals surface area contributed by atoms with Gasteiger partial charge in [-0.1, -0.05) is 82.4 Å². The van der Waals surface area contributed by atoms with Crippen LogP contribution in [0.4, 0.5) is 5.82 Å². The Balaban J connectivity index is 0.965. The number of carboxylic acid groups (broad SMARTS) is 1. The van der Waals surface area contributed by atoms with E-state index < -0.39 is 71.5 Å². The van der Waals surface area contributed by atoms with Crippen molar-refractivity contribution in [1.82, 2.24) is 24.8 Å². The smallest absolute Gasteiger partial charge is 0.472 e. The molecule has 0 saturated carbocycles. The second-order valence-electron chi connectivity index (χ2n) is 13.8. The molecule has 3 aliphatic rings. The number of aromatic hydroxyl groups is 1. The van der Waals surface area contributed by atoms with Gasteiger partial charge >= 0.3 is 13.8 Å². The lowest BCUT2D eigenvalue weighted by molar-refractivity contribution is -0.0439. The maximum absolute atomic E-state index is 13.6. The summed E-state index contributed by atoms with van der Waals surface area (Å²) in [6.45, 7) is -0.440. The minimum atomic E-state index is -4.51. The number of carboxylic acids is 1. The number of halogens is 6. The van der Waals surface area contributed by atoms with Gasteiger partial charge in [0, 0.05) is 35.0 Å². The van der Waals surface area contributed by atoms with Gasteiger partial charge in [0.2, 0.25) is 5.43 Å². The zero-order valence-corrected chi connectivity index (χ0v) is 36.8. The van der Waals surface area contributed by atoms with Gasteiger partial charge in [-0.2, -0.15) is 0 Å². The standard InChI is InChI=1S/C37H31Cl6N6O12P/c38-17-9-16(26(41)25(24(17)37(54)55)23-14-7-18(39)30(51)27(42)32(14)61-33-15(23)8-19(40)31(52)28(33)43)36(53)45-5-3-1-2-4-6-58-62(56,57)59-11-21-20(50)10-22(60-21)49-13-48-29-34(44)46-12-47-35(29)49/h7-9,12-13,20-22,50-51H,1-6,10-11H2,(H,45,53)(H,54,55)(H,56,57)(H2,44,46,47)/t20-,21-,22-/m1/s1. The largest absolute Gasteiger partial charge is 0.505 e. The number of ether oxygens (including phenoxy) is 1. The molecule has 1 fully saturated rings. The molecule has 18 nitrogen and oxygen atoms in total. The third-order valence-corrected chi connectivity index (χ3v) is 12.8. The van der Waals surface area contributed by atoms with Gasteiger partial charge in [0.05, 0.1) is 56.9 Å². The highest BCUT2D eigenvalue weighted by atomic mass is 35.5. The van der Waals surface area contributed by atoms with Crippen LogP contribution in [0.25, 0.3) is 44.6 Å². The van der Waals surface area contributed by atoms with Crippen LogP contribution in [0.15, 0.2) is 40.1 Å². The van der Waals surface area contributed by atoms with Gasteiger partial charge in [-0.15, -0.1) is 0 Å². The van der Waals surface area contributed by atoms with E-state index in [1.54, 1.807) is 4.57 Å². The zero-order chi connectivity index (χ0) is 44.8. The summed E-state index contributed by atoms with van der Waals surface area (Å²) < 4.78 is 36.0. The number of anilines is 1. The second kappa shape index (κ2) is 18.6. The van der Waals surface area contributed by atoms with Crippen LogP contribution in [0.2, 0.25) is 30.1 Å². The summed E-state index contributed by atoms with van der Waals surface area (Å²) in [6.07, 6.45) is 2.05. The monoisotopic (exact) mass is 992 g/mol. The number of unbranched alkanes of at least 4 members (excludes halogenated alkanes) is 3. The molecule has 328 valence electrons. The number of nitrogens with one attached hydrogen (secondary N) is 1. The fourth-order valence-electron chi connectivity index (χ4n) is 6.88. The first kappa shape index (κ1) is 46.0. The average Bonchev–Trinajstić information content (AvgIpc) is 3.83. The summed E-state index contributed by atoms with van der Waals surface area (Å²) in [6, 6.07) is 3.47. The predicted molar refractivity (Wildman–Crippen MR) is 230 cm³/mol. The van der Waals surface area contributed by atoms with Crippen molar-refractivity contribution in [2.45, 2.75) is 50.5 Å². The number of hydrogen-bond acceptors (Lipinski definition) is 14. The number of aromatic nitrogens is 4. The lowest BCUT2D eigenvalue weighted by atomic mass is 9.89. The van der Waals surface area contributed by atoms with Gasteiger partial charge in [-0.25, -0.2) is 24.3 Å². The summed E-state index contributed by atoms with van der Waals surface area (Å²) in [4.78, 5) is 61.5. The average molecular weight is 995 g/mol. The van der Waals surface area contributed by atoms with E-state index in [-0.39, 0.29) is 84.5 Å². The molecule has 1 saturated heterocycles. The van der Waals surface area contributed by atoms with E-state index in [0.29, 0.717) is 36.8 Å². The van der Waals surface area contributed by atoms with Crippen molar-refractivity contribution in [2.75, 3.05) is 25.5 Å².